The van der Waals surface area contributed by atoms with Gasteiger partial charge in [-0.25, -0.2) is 0 Å². The smallest absolute Gasteiger partial charge is 0.254 e. The molecule has 2 aromatic heterocycles. The fourth-order valence-corrected chi connectivity index (χ4v) is 3.44. The number of carbonyl (C=O) groups is 1. The minimum absolute atomic E-state index is 0.00619. The standard InChI is InChI=1S/C19H19N3O2/c1-12-10-20-11-16(21-12)17-4-3-7-22(17)19(23)14-5-6-18-15(9-14)8-13(2)24-18/h5-6,8-11,17H,3-4,7H2,1-2H3/t17-/m1/s1. The quantitative estimate of drug-likeness (QED) is 0.720. The number of aromatic nitrogens is 2. The normalized spacial score (nSPS) is 17.6. The summed E-state index contributed by atoms with van der Waals surface area (Å²) < 4.78 is 5.59. The Balaban J connectivity index is 1.66. The molecule has 0 aliphatic carbocycles. The molecule has 3 heterocycles. The zero-order chi connectivity index (χ0) is 16.7. The second kappa shape index (κ2) is 5.74. The van der Waals surface area contributed by atoms with Crippen LogP contribution in [-0.4, -0.2) is 27.3 Å². The van der Waals surface area contributed by atoms with Gasteiger partial charge in [0.05, 0.1) is 23.6 Å². The Kier molecular flexibility index (Phi) is 3.56. The third kappa shape index (κ3) is 2.56. The predicted molar refractivity (Wildman–Crippen MR) is 90.7 cm³/mol. The van der Waals surface area contributed by atoms with Gasteiger partial charge < -0.3 is 9.32 Å². The first-order valence-corrected chi connectivity index (χ1v) is 8.21. The number of fused-ring (bicyclic) bond motifs is 1. The molecule has 0 N–H and O–H groups in total. The number of hydrogen-bond acceptors (Lipinski definition) is 4. The largest absolute Gasteiger partial charge is 0.461 e. The lowest BCUT2D eigenvalue weighted by atomic mass is 10.1. The summed E-state index contributed by atoms with van der Waals surface area (Å²) in [5.41, 5.74) is 3.26. The summed E-state index contributed by atoms with van der Waals surface area (Å²) in [6.45, 7) is 4.59. The van der Waals surface area contributed by atoms with Crippen LogP contribution in [0.1, 0.15) is 46.4 Å². The number of hydrogen-bond donors (Lipinski definition) is 0. The number of rotatable bonds is 2. The number of amides is 1. The Bertz CT molecular complexity index is 916. The van der Waals surface area contributed by atoms with Crippen molar-refractivity contribution in [3.05, 3.63) is 59.4 Å². The van der Waals surface area contributed by atoms with Crippen LogP contribution in [0, 0.1) is 13.8 Å². The number of nitrogens with zero attached hydrogens (tertiary/aromatic N) is 3. The molecule has 0 bridgehead atoms. The van der Waals surface area contributed by atoms with Gasteiger partial charge in [0.25, 0.3) is 5.91 Å². The summed E-state index contributed by atoms with van der Waals surface area (Å²) in [7, 11) is 0. The molecule has 1 aliphatic heterocycles. The Morgan fingerprint density at radius 1 is 1.25 bits per heavy atom. The highest BCUT2D eigenvalue weighted by Gasteiger charge is 2.31. The summed E-state index contributed by atoms with van der Waals surface area (Å²) in [6, 6.07) is 7.58. The zero-order valence-corrected chi connectivity index (χ0v) is 13.8. The van der Waals surface area contributed by atoms with Gasteiger partial charge in [0.1, 0.15) is 11.3 Å². The molecule has 1 aliphatic rings. The maximum absolute atomic E-state index is 13.0. The number of likely N-dealkylation sites (tertiary alicyclic amines) is 1. The van der Waals surface area contributed by atoms with Crippen LogP contribution in [0.5, 0.6) is 0 Å². The molecule has 1 atom stereocenters. The lowest BCUT2D eigenvalue weighted by Crippen LogP contribution is -2.31. The van der Waals surface area contributed by atoms with Crippen molar-refractivity contribution >= 4 is 16.9 Å². The summed E-state index contributed by atoms with van der Waals surface area (Å²) in [6.07, 6.45) is 5.42. The lowest BCUT2D eigenvalue weighted by molar-refractivity contribution is 0.0732. The topological polar surface area (TPSA) is 59.2 Å². The maximum atomic E-state index is 13.0. The van der Waals surface area contributed by atoms with Gasteiger partial charge in [-0.1, -0.05) is 0 Å². The Hall–Kier alpha value is -2.69. The van der Waals surface area contributed by atoms with Gasteiger partial charge in [-0.2, -0.15) is 0 Å². The molecule has 0 saturated carbocycles. The average molecular weight is 321 g/mol. The first-order valence-electron chi connectivity index (χ1n) is 8.21. The molecule has 1 saturated heterocycles. The van der Waals surface area contributed by atoms with Crippen molar-refractivity contribution in [1.29, 1.82) is 0 Å². The minimum atomic E-state index is 0.00619. The monoisotopic (exact) mass is 321 g/mol. The fraction of sp³-hybridized carbons (Fsp3) is 0.316. The van der Waals surface area contributed by atoms with E-state index in [9.17, 15) is 4.79 Å². The van der Waals surface area contributed by atoms with Crippen molar-refractivity contribution in [2.24, 2.45) is 0 Å². The second-order valence-corrected chi connectivity index (χ2v) is 6.35. The summed E-state index contributed by atoms with van der Waals surface area (Å²) in [5.74, 6) is 0.894. The zero-order valence-electron chi connectivity index (χ0n) is 13.8. The van der Waals surface area contributed by atoms with Gasteiger partial charge in [0, 0.05) is 23.7 Å². The van der Waals surface area contributed by atoms with Crippen LogP contribution in [0.25, 0.3) is 11.0 Å². The summed E-state index contributed by atoms with van der Waals surface area (Å²) in [5, 5.41) is 0.962. The molecule has 0 unspecified atom stereocenters. The van der Waals surface area contributed by atoms with Crippen molar-refractivity contribution < 1.29 is 9.21 Å². The van der Waals surface area contributed by atoms with E-state index in [1.165, 1.54) is 0 Å². The Morgan fingerprint density at radius 3 is 2.96 bits per heavy atom. The number of carbonyl (C=O) groups excluding carboxylic acids is 1. The molecule has 1 fully saturated rings. The van der Waals surface area contributed by atoms with Crippen molar-refractivity contribution in [2.75, 3.05) is 6.54 Å². The van der Waals surface area contributed by atoms with Crippen molar-refractivity contribution in [3.63, 3.8) is 0 Å². The minimum Gasteiger partial charge on any atom is -0.461 e. The van der Waals surface area contributed by atoms with Crippen LogP contribution in [0.2, 0.25) is 0 Å². The number of benzene rings is 1. The first-order chi connectivity index (χ1) is 11.6. The van der Waals surface area contributed by atoms with E-state index in [1.807, 2.05) is 43.0 Å². The summed E-state index contributed by atoms with van der Waals surface area (Å²) >= 11 is 0. The molecule has 5 nitrogen and oxygen atoms in total. The van der Waals surface area contributed by atoms with E-state index in [0.717, 1.165) is 47.5 Å². The highest BCUT2D eigenvalue weighted by molar-refractivity contribution is 5.98. The fourth-order valence-electron chi connectivity index (χ4n) is 3.44. The maximum Gasteiger partial charge on any atom is 0.254 e. The van der Waals surface area contributed by atoms with E-state index >= 15 is 0 Å². The molecule has 1 aromatic carbocycles. The Labute approximate surface area is 140 Å². The van der Waals surface area contributed by atoms with E-state index in [4.69, 9.17) is 4.42 Å². The average Bonchev–Trinajstić information content (AvgIpc) is 3.18. The Morgan fingerprint density at radius 2 is 2.12 bits per heavy atom. The molecule has 1 amide bonds. The van der Waals surface area contributed by atoms with Crippen LogP contribution in [0.4, 0.5) is 0 Å². The van der Waals surface area contributed by atoms with Gasteiger partial charge in [-0.3, -0.25) is 14.8 Å². The third-order valence-electron chi connectivity index (χ3n) is 4.52. The van der Waals surface area contributed by atoms with Crippen molar-refractivity contribution in [1.82, 2.24) is 14.9 Å². The van der Waals surface area contributed by atoms with Gasteiger partial charge >= 0.3 is 0 Å². The molecule has 4 rings (SSSR count). The van der Waals surface area contributed by atoms with Gasteiger partial charge in [-0.05, 0) is 51.0 Å². The van der Waals surface area contributed by atoms with Gasteiger partial charge in [0.2, 0.25) is 0 Å². The molecule has 5 heteroatoms. The lowest BCUT2D eigenvalue weighted by Gasteiger charge is -2.24. The molecule has 24 heavy (non-hydrogen) atoms. The van der Waals surface area contributed by atoms with Crippen molar-refractivity contribution in [3.8, 4) is 0 Å². The summed E-state index contributed by atoms with van der Waals surface area (Å²) in [4.78, 5) is 23.7. The third-order valence-corrected chi connectivity index (χ3v) is 4.52. The SMILES string of the molecule is Cc1cncc([C@H]2CCCN2C(=O)c2ccc3oc(C)cc3c2)n1. The van der Waals surface area contributed by atoms with E-state index < -0.39 is 0 Å². The van der Waals surface area contributed by atoms with Crippen molar-refractivity contribution in [2.45, 2.75) is 32.7 Å². The van der Waals surface area contributed by atoms with Crippen LogP contribution in [0.3, 0.4) is 0 Å². The highest BCUT2D eigenvalue weighted by Crippen LogP contribution is 2.32. The molecule has 122 valence electrons. The van der Waals surface area contributed by atoms with Gasteiger partial charge in [0.15, 0.2) is 0 Å². The molecule has 3 aromatic rings. The predicted octanol–water partition coefficient (Wildman–Crippen LogP) is 3.82. The van der Waals surface area contributed by atoms with E-state index in [2.05, 4.69) is 9.97 Å². The van der Waals surface area contributed by atoms with Crippen LogP contribution in [-0.2, 0) is 0 Å². The van der Waals surface area contributed by atoms with E-state index in [-0.39, 0.29) is 11.9 Å². The van der Waals surface area contributed by atoms with Crippen LogP contribution in [0.15, 0.2) is 41.1 Å². The van der Waals surface area contributed by atoms with E-state index in [1.54, 1.807) is 12.4 Å². The van der Waals surface area contributed by atoms with Gasteiger partial charge in [-0.15, -0.1) is 0 Å². The first kappa shape index (κ1) is 14.9. The van der Waals surface area contributed by atoms with E-state index in [0.29, 0.717) is 5.56 Å². The molecule has 0 radical (unpaired) electrons. The second-order valence-electron chi connectivity index (χ2n) is 6.35. The highest BCUT2D eigenvalue weighted by atomic mass is 16.3. The molecular formula is C19H19N3O2. The number of furan rings is 1. The number of aryl methyl sites for hydroxylation is 2. The molecule has 0 spiro atoms. The van der Waals surface area contributed by atoms with Crippen LogP contribution >= 0.6 is 0 Å². The molecular weight excluding hydrogens is 302 g/mol. The van der Waals surface area contributed by atoms with Crippen LogP contribution < -0.4 is 0 Å².